The first kappa shape index (κ1) is 28.1. The number of aryl methyl sites for hydroxylation is 2. The zero-order valence-corrected chi connectivity index (χ0v) is 25.2. The fourth-order valence-corrected chi connectivity index (χ4v) is 6.67. The molecule has 2 aliphatic heterocycles. The second-order valence-electron chi connectivity index (χ2n) is 11.5. The van der Waals surface area contributed by atoms with Gasteiger partial charge in [-0.2, -0.15) is 0 Å². The topological polar surface area (TPSA) is 52.6 Å². The van der Waals surface area contributed by atoms with Gasteiger partial charge in [-0.25, -0.2) is 0 Å². The van der Waals surface area contributed by atoms with Crippen LogP contribution in [0.2, 0.25) is 0 Å². The largest absolute Gasteiger partial charge is 0.370 e. The van der Waals surface area contributed by atoms with Crippen molar-refractivity contribution in [3.05, 3.63) is 95.4 Å². The Morgan fingerprint density at radius 3 is 2.40 bits per heavy atom. The van der Waals surface area contributed by atoms with E-state index < -0.39 is 0 Å². The number of amides is 1. The van der Waals surface area contributed by atoms with Crippen molar-refractivity contribution in [2.24, 2.45) is 0 Å². The zero-order chi connectivity index (χ0) is 28.1. The molecular weight excluding hydrogens is 542 g/mol. The first-order valence-corrected chi connectivity index (χ1v) is 14.6. The van der Waals surface area contributed by atoms with Crippen molar-refractivity contribution in [3.63, 3.8) is 0 Å². The summed E-state index contributed by atoms with van der Waals surface area (Å²) in [4.78, 5) is 30.4. The standard InChI is InChI=1S/C35H35N5O.ClH/c1-23-19-26(20-24(2)37-23)27-7-4-9-29-28(27)8-5-10-30(29)35(41)40-16-12-25-21-32-31(22-34(25)40)33(11-13-36-32)39-15-6-14-38(3)17-18-39;/h4-5,7-11,13,19-22H,6,12,14-18H2,1-3H3;1H. The second kappa shape index (κ2) is 11.3. The quantitative estimate of drug-likeness (QED) is 0.235. The van der Waals surface area contributed by atoms with Crippen LogP contribution in [0.5, 0.6) is 0 Å². The van der Waals surface area contributed by atoms with Gasteiger partial charge in [0, 0.05) is 66.1 Å². The Labute approximate surface area is 253 Å². The van der Waals surface area contributed by atoms with Crippen molar-refractivity contribution in [2.75, 3.05) is 49.6 Å². The van der Waals surface area contributed by atoms with Crippen LogP contribution in [0.15, 0.2) is 72.9 Å². The van der Waals surface area contributed by atoms with Crippen LogP contribution in [0.4, 0.5) is 11.4 Å². The van der Waals surface area contributed by atoms with E-state index in [1.807, 2.05) is 37.1 Å². The SMILES string of the molecule is Cc1cc(-c2cccc3c(C(=O)N4CCc5cc6nccc(N7CCCN(C)CC7)c6cc54)cccc23)cc(C)n1.Cl. The minimum absolute atomic E-state index is 0. The van der Waals surface area contributed by atoms with Crippen molar-refractivity contribution < 1.29 is 4.79 Å². The lowest BCUT2D eigenvalue weighted by atomic mass is 9.95. The monoisotopic (exact) mass is 577 g/mol. The molecule has 1 amide bonds. The van der Waals surface area contributed by atoms with Crippen molar-refractivity contribution in [1.82, 2.24) is 14.9 Å². The Hall–Kier alpha value is -4.00. The van der Waals surface area contributed by atoms with Gasteiger partial charge in [0.2, 0.25) is 0 Å². The molecular formula is C35H36ClN5O. The number of hydrogen-bond acceptors (Lipinski definition) is 5. The minimum Gasteiger partial charge on any atom is -0.370 e. The van der Waals surface area contributed by atoms with E-state index in [1.165, 1.54) is 11.3 Å². The molecule has 7 heteroatoms. The molecule has 0 N–H and O–H groups in total. The number of carbonyl (C=O) groups is 1. The number of hydrogen-bond donors (Lipinski definition) is 0. The third-order valence-corrected chi connectivity index (χ3v) is 8.66. The lowest BCUT2D eigenvalue weighted by Crippen LogP contribution is -2.29. The van der Waals surface area contributed by atoms with E-state index in [2.05, 4.69) is 76.4 Å². The molecule has 1 saturated heterocycles. The Morgan fingerprint density at radius 1 is 0.786 bits per heavy atom. The summed E-state index contributed by atoms with van der Waals surface area (Å²) in [5.41, 5.74) is 9.39. The highest BCUT2D eigenvalue weighted by molar-refractivity contribution is 6.17. The van der Waals surface area contributed by atoms with Gasteiger partial charge in [0.05, 0.1) is 5.52 Å². The molecule has 6 nitrogen and oxygen atoms in total. The molecule has 7 rings (SSSR count). The first-order chi connectivity index (χ1) is 20.0. The number of rotatable bonds is 3. The molecule has 0 radical (unpaired) electrons. The van der Waals surface area contributed by atoms with Crippen molar-refractivity contribution >= 4 is 51.4 Å². The fraction of sp³-hybridized carbons (Fsp3) is 0.286. The van der Waals surface area contributed by atoms with Gasteiger partial charge < -0.3 is 14.7 Å². The van der Waals surface area contributed by atoms with E-state index in [0.717, 1.165) is 94.5 Å². The summed E-state index contributed by atoms with van der Waals surface area (Å²) in [6.45, 7) is 8.90. The third kappa shape index (κ3) is 4.99. The maximum Gasteiger partial charge on any atom is 0.258 e. The Kier molecular flexibility index (Phi) is 7.60. The molecule has 2 aromatic heterocycles. The summed E-state index contributed by atoms with van der Waals surface area (Å²) in [5.74, 6) is 0.0507. The van der Waals surface area contributed by atoms with Gasteiger partial charge in [0.25, 0.3) is 5.91 Å². The second-order valence-corrected chi connectivity index (χ2v) is 11.5. The van der Waals surface area contributed by atoms with Gasteiger partial charge in [-0.15, -0.1) is 12.4 Å². The predicted octanol–water partition coefficient (Wildman–Crippen LogP) is 6.83. The highest BCUT2D eigenvalue weighted by atomic mass is 35.5. The molecule has 3 aromatic carbocycles. The smallest absolute Gasteiger partial charge is 0.258 e. The molecule has 214 valence electrons. The first-order valence-electron chi connectivity index (χ1n) is 14.6. The number of halogens is 1. The van der Waals surface area contributed by atoms with Gasteiger partial charge in [-0.1, -0.05) is 30.3 Å². The van der Waals surface area contributed by atoms with Crippen LogP contribution in [-0.4, -0.2) is 60.5 Å². The van der Waals surface area contributed by atoms with E-state index in [0.29, 0.717) is 6.54 Å². The molecule has 42 heavy (non-hydrogen) atoms. The Morgan fingerprint density at radius 2 is 1.57 bits per heavy atom. The maximum atomic E-state index is 14.3. The summed E-state index contributed by atoms with van der Waals surface area (Å²) in [5, 5.41) is 3.19. The molecule has 0 bridgehead atoms. The van der Waals surface area contributed by atoms with Crippen molar-refractivity contribution in [1.29, 1.82) is 0 Å². The van der Waals surface area contributed by atoms with E-state index in [1.54, 1.807) is 0 Å². The van der Waals surface area contributed by atoms with Gasteiger partial charge in [0.15, 0.2) is 0 Å². The average Bonchev–Trinajstić information content (AvgIpc) is 3.26. The maximum absolute atomic E-state index is 14.3. The van der Waals surface area contributed by atoms with Crippen LogP contribution in [0.1, 0.15) is 33.7 Å². The summed E-state index contributed by atoms with van der Waals surface area (Å²) >= 11 is 0. The summed E-state index contributed by atoms with van der Waals surface area (Å²) in [6, 6.07) is 23.1. The molecule has 4 heterocycles. The number of likely N-dealkylation sites (N-methyl/N-ethyl adjacent to an activating group) is 1. The number of nitrogens with zero attached hydrogens (tertiary/aromatic N) is 5. The zero-order valence-electron chi connectivity index (χ0n) is 24.4. The lowest BCUT2D eigenvalue weighted by Gasteiger charge is -2.25. The van der Waals surface area contributed by atoms with Gasteiger partial charge in [0.1, 0.15) is 0 Å². The van der Waals surface area contributed by atoms with Crippen LogP contribution >= 0.6 is 12.4 Å². The van der Waals surface area contributed by atoms with Gasteiger partial charge in [-0.3, -0.25) is 14.8 Å². The Balaban J connectivity index is 0.00000316. The molecule has 0 spiro atoms. The normalized spacial score (nSPS) is 15.5. The van der Waals surface area contributed by atoms with Crippen LogP contribution < -0.4 is 9.80 Å². The van der Waals surface area contributed by atoms with Crippen molar-refractivity contribution in [2.45, 2.75) is 26.7 Å². The molecule has 0 saturated carbocycles. The predicted molar refractivity (Wildman–Crippen MR) is 175 cm³/mol. The average molecular weight is 578 g/mol. The molecule has 0 atom stereocenters. The lowest BCUT2D eigenvalue weighted by molar-refractivity contribution is 0.0991. The Bertz CT molecular complexity index is 1800. The van der Waals surface area contributed by atoms with Crippen LogP contribution in [-0.2, 0) is 6.42 Å². The highest BCUT2D eigenvalue weighted by Gasteiger charge is 2.28. The van der Waals surface area contributed by atoms with E-state index >= 15 is 0 Å². The minimum atomic E-state index is 0. The number of fused-ring (bicyclic) bond motifs is 3. The number of benzene rings is 3. The number of pyridine rings is 2. The van der Waals surface area contributed by atoms with Crippen molar-refractivity contribution in [3.8, 4) is 11.1 Å². The van der Waals surface area contributed by atoms with Gasteiger partial charge >= 0.3 is 0 Å². The molecule has 1 fully saturated rings. The van der Waals surface area contributed by atoms with E-state index in [9.17, 15) is 4.79 Å². The van der Waals surface area contributed by atoms with Crippen LogP contribution in [0, 0.1) is 13.8 Å². The highest BCUT2D eigenvalue weighted by Crippen LogP contribution is 2.38. The number of aromatic nitrogens is 2. The molecule has 5 aromatic rings. The molecule has 2 aliphatic rings. The number of anilines is 2. The van der Waals surface area contributed by atoms with E-state index in [4.69, 9.17) is 4.98 Å². The summed E-state index contributed by atoms with van der Waals surface area (Å²) in [7, 11) is 2.19. The van der Waals surface area contributed by atoms with Crippen LogP contribution in [0.25, 0.3) is 32.8 Å². The summed E-state index contributed by atoms with van der Waals surface area (Å²) < 4.78 is 0. The number of carbonyl (C=O) groups excluding carboxylic acids is 1. The third-order valence-electron chi connectivity index (χ3n) is 8.66. The van der Waals surface area contributed by atoms with Gasteiger partial charge in [-0.05, 0) is 104 Å². The fourth-order valence-electron chi connectivity index (χ4n) is 6.67. The van der Waals surface area contributed by atoms with E-state index in [-0.39, 0.29) is 18.3 Å². The van der Waals surface area contributed by atoms with Crippen LogP contribution in [0.3, 0.4) is 0 Å². The summed E-state index contributed by atoms with van der Waals surface area (Å²) in [6.07, 6.45) is 3.90. The molecule has 0 aliphatic carbocycles. The molecule has 0 unspecified atom stereocenters.